The molecule has 0 saturated carbocycles. The molecule has 0 aliphatic carbocycles. The molecule has 0 heterocycles. The molecule has 0 aromatic carbocycles. The molecule has 0 amide bonds. The molecule has 0 fully saturated rings. The summed E-state index contributed by atoms with van der Waals surface area (Å²) >= 11 is 0. The van der Waals surface area contributed by atoms with E-state index in [9.17, 15) is 4.79 Å². The van der Waals surface area contributed by atoms with Crippen LogP contribution in [0.15, 0.2) is 0 Å². The van der Waals surface area contributed by atoms with Crippen molar-refractivity contribution in [2.75, 3.05) is 0 Å². The van der Waals surface area contributed by atoms with Gasteiger partial charge in [0.2, 0.25) is 0 Å². The topological polar surface area (TPSA) is 89.0 Å². The van der Waals surface area contributed by atoms with Crippen LogP contribution in [0.4, 0.5) is 0 Å². The molecule has 4 N–H and O–H groups in total. The molecule has 0 aromatic rings. The molecule has 0 bridgehead atoms. The quantitative estimate of drug-likeness (QED) is 0.750. The first-order chi connectivity index (χ1) is 7.64. The summed E-state index contributed by atoms with van der Waals surface area (Å²) in [4.78, 5) is 9.45. The molecule has 0 rings (SSSR count). The number of carboxylic acid groups (broad SMARTS) is 1. The maximum absolute atomic E-state index is 9.45. The van der Waals surface area contributed by atoms with Gasteiger partial charge < -0.3 is 15.7 Å². The zero-order chi connectivity index (χ0) is 15.2. The van der Waals surface area contributed by atoms with Crippen molar-refractivity contribution in [3.8, 4) is 0 Å². The molecule has 17 heavy (non-hydrogen) atoms. The Morgan fingerprint density at radius 1 is 0.765 bits per heavy atom. The standard InChI is InChI=1S/C3H6O3.5C2H6.H2O/c1-2(4)3(5)6;5*1-2;/h2,4H,1H3,(H,5,6);5*1-2H3;1H2. The van der Waals surface area contributed by atoms with Gasteiger partial charge in [-0.2, -0.15) is 0 Å². The molecule has 0 saturated heterocycles. The van der Waals surface area contributed by atoms with E-state index in [-0.39, 0.29) is 5.48 Å². The maximum Gasteiger partial charge on any atom is 0.332 e. The van der Waals surface area contributed by atoms with Gasteiger partial charge in [-0.3, -0.25) is 0 Å². The normalized spacial score (nSPS) is 6.59. The summed E-state index contributed by atoms with van der Waals surface area (Å²) in [5.41, 5.74) is 0. The van der Waals surface area contributed by atoms with E-state index in [1.807, 2.05) is 69.2 Å². The Morgan fingerprint density at radius 3 is 0.824 bits per heavy atom. The van der Waals surface area contributed by atoms with Crippen molar-refractivity contribution >= 4 is 5.97 Å². The largest absolute Gasteiger partial charge is 0.479 e. The number of hydrogen-bond acceptors (Lipinski definition) is 2. The molecule has 1 atom stereocenters. The Kier molecular flexibility index (Phi) is 284. The average Bonchev–Trinajstić information content (AvgIpc) is 2.41. The third-order valence-electron chi connectivity index (χ3n) is 0.357. The van der Waals surface area contributed by atoms with Gasteiger partial charge in [0.15, 0.2) is 0 Å². The Balaban J connectivity index is -0.0000000158. The van der Waals surface area contributed by atoms with Crippen LogP contribution in [0.5, 0.6) is 0 Å². The van der Waals surface area contributed by atoms with Crippen LogP contribution in [-0.4, -0.2) is 27.8 Å². The molecular formula is C13H38O4. The summed E-state index contributed by atoms with van der Waals surface area (Å²) in [6, 6.07) is 0. The minimum atomic E-state index is -1.23. The van der Waals surface area contributed by atoms with E-state index >= 15 is 0 Å². The third-order valence-corrected chi connectivity index (χ3v) is 0.357. The zero-order valence-corrected chi connectivity index (χ0v) is 13.9. The van der Waals surface area contributed by atoms with E-state index < -0.39 is 12.1 Å². The summed E-state index contributed by atoms with van der Waals surface area (Å²) in [6.45, 7) is 21.2. The molecule has 0 aliphatic rings. The summed E-state index contributed by atoms with van der Waals surface area (Å²) in [7, 11) is 0. The number of aliphatic hydroxyl groups is 1. The Bertz CT molecular complexity index is 64.4. The highest BCUT2D eigenvalue weighted by atomic mass is 16.4. The molecule has 0 aliphatic heterocycles. The van der Waals surface area contributed by atoms with Crippen molar-refractivity contribution in [1.82, 2.24) is 0 Å². The van der Waals surface area contributed by atoms with Crippen molar-refractivity contribution in [2.24, 2.45) is 0 Å². The first-order valence-corrected chi connectivity index (χ1v) is 6.55. The Morgan fingerprint density at radius 2 is 0.824 bits per heavy atom. The van der Waals surface area contributed by atoms with Crippen LogP contribution >= 0.6 is 0 Å². The predicted molar refractivity (Wildman–Crippen MR) is 79.7 cm³/mol. The number of carbonyl (C=O) groups is 1. The van der Waals surface area contributed by atoms with E-state index in [2.05, 4.69) is 0 Å². The molecule has 4 heteroatoms. The van der Waals surface area contributed by atoms with Gasteiger partial charge in [-0.1, -0.05) is 69.2 Å². The smallest absolute Gasteiger partial charge is 0.332 e. The van der Waals surface area contributed by atoms with Gasteiger partial charge in [0.1, 0.15) is 6.10 Å². The fraction of sp³-hybridized carbons (Fsp3) is 0.923. The molecule has 4 nitrogen and oxygen atoms in total. The number of rotatable bonds is 1. The molecular weight excluding hydrogens is 220 g/mol. The van der Waals surface area contributed by atoms with Crippen molar-refractivity contribution in [1.29, 1.82) is 0 Å². The molecule has 0 spiro atoms. The number of aliphatic carboxylic acids is 1. The minimum Gasteiger partial charge on any atom is -0.479 e. The molecule has 114 valence electrons. The summed E-state index contributed by atoms with van der Waals surface area (Å²) in [5.74, 6) is -1.19. The van der Waals surface area contributed by atoms with Gasteiger partial charge in [-0.05, 0) is 6.92 Å². The fourth-order valence-electron chi connectivity index (χ4n) is 0. The van der Waals surface area contributed by atoms with Crippen molar-refractivity contribution in [3.63, 3.8) is 0 Å². The van der Waals surface area contributed by atoms with E-state index in [4.69, 9.17) is 10.2 Å². The van der Waals surface area contributed by atoms with Crippen LogP contribution in [0.1, 0.15) is 76.2 Å². The second-order valence-electron chi connectivity index (χ2n) is 1.01. The van der Waals surface area contributed by atoms with Crippen LogP contribution in [0, 0.1) is 0 Å². The van der Waals surface area contributed by atoms with Gasteiger partial charge >= 0.3 is 5.97 Å². The van der Waals surface area contributed by atoms with E-state index in [0.29, 0.717) is 0 Å². The highest BCUT2D eigenvalue weighted by Gasteiger charge is 2.01. The zero-order valence-electron chi connectivity index (χ0n) is 13.9. The maximum atomic E-state index is 9.45. The lowest BCUT2D eigenvalue weighted by Crippen LogP contribution is -2.13. The van der Waals surface area contributed by atoms with E-state index in [1.165, 1.54) is 6.92 Å². The second kappa shape index (κ2) is 110. The van der Waals surface area contributed by atoms with Crippen LogP contribution in [0.2, 0.25) is 0 Å². The van der Waals surface area contributed by atoms with Crippen molar-refractivity contribution in [2.45, 2.75) is 82.3 Å². The highest BCUT2D eigenvalue weighted by molar-refractivity contribution is 5.71. The fourth-order valence-corrected chi connectivity index (χ4v) is 0. The van der Waals surface area contributed by atoms with E-state index in [1.54, 1.807) is 0 Å². The summed E-state index contributed by atoms with van der Waals surface area (Å²) in [6.07, 6.45) is -1.23. The first kappa shape index (κ1) is 44.0. The average molecular weight is 258 g/mol. The van der Waals surface area contributed by atoms with Crippen molar-refractivity contribution in [3.05, 3.63) is 0 Å². The van der Waals surface area contributed by atoms with Crippen LogP contribution in [-0.2, 0) is 4.79 Å². The lowest BCUT2D eigenvalue weighted by molar-refractivity contribution is -0.145. The van der Waals surface area contributed by atoms with Gasteiger partial charge in [-0.15, -0.1) is 0 Å². The van der Waals surface area contributed by atoms with Gasteiger partial charge in [0.25, 0.3) is 0 Å². The highest BCUT2D eigenvalue weighted by Crippen LogP contribution is 1.73. The Hall–Kier alpha value is -0.610. The second-order valence-corrected chi connectivity index (χ2v) is 1.01. The van der Waals surface area contributed by atoms with Gasteiger partial charge in [0, 0.05) is 0 Å². The monoisotopic (exact) mass is 258 g/mol. The summed E-state index contributed by atoms with van der Waals surface area (Å²) in [5, 5.41) is 15.8. The molecule has 0 radical (unpaired) electrons. The molecule has 1 unspecified atom stereocenters. The van der Waals surface area contributed by atoms with Gasteiger partial charge in [0.05, 0.1) is 0 Å². The van der Waals surface area contributed by atoms with Crippen molar-refractivity contribution < 1.29 is 20.5 Å². The SMILES string of the molecule is CC.CC.CC.CC.CC.CC(O)C(=O)O.O. The number of carboxylic acids is 1. The Labute approximate surface area is 109 Å². The molecule has 0 aromatic heterocycles. The van der Waals surface area contributed by atoms with Crippen LogP contribution in [0.3, 0.4) is 0 Å². The lowest BCUT2D eigenvalue weighted by Gasteiger charge is -1.89. The van der Waals surface area contributed by atoms with Crippen LogP contribution < -0.4 is 0 Å². The predicted octanol–water partition coefficient (Wildman–Crippen LogP) is 3.76. The minimum absolute atomic E-state index is 0. The number of hydrogen-bond donors (Lipinski definition) is 2. The first-order valence-electron chi connectivity index (χ1n) is 6.55. The van der Waals surface area contributed by atoms with E-state index in [0.717, 1.165) is 0 Å². The summed E-state index contributed by atoms with van der Waals surface area (Å²) < 4.78 is 0. The third kappa shape index (κ3) is 240. The number of aliphatic hydroxyl groups excluding tert-OH is 1. The van der Waals surface area contributed by atoms with Crippen LogP contribution in [0.25, 0.3) is 0 Å². The van der Waals surface area contributed by atoms with Gasteiger partial charge in [-0.25, -0.2) is 4.79 Å². The lowest BCUT2D eigenvalue weighted by atomic mass is 10.4.